The second kappa shape index (κ2) is 6.29. The molecule has 0 bridgehead atoms. The van der Waals surface area contributed by atoms with Crippen molar-refractivity contribution in [2.75, 3.05) is 37.6 Å². The van der Waals surface area contributed by atoms with E-state index in [9.17, 15) is 0 Å². The van der Waals surface area contributed by atoms with Gasteiger partial charge in [0, 0.05) is 48.3 Å². The molecule has 3 aromatic rings. The van der Waals surface area contributed by atoms with Gasteiger partial charge in [0.25, 0.3) is 0 Å². The van der Waals surface area contributed by atoms with Gasteiger partial charge in [-0.15, -0.1) is 0 Å². The van der Waals surface area contributed by atoms with Gasteiger partial charge in [0.05, 0.1) is 5.52 Å². The summed E-state index contributed by atoms with van der Waals surface area (Å²) in [5.41, 5.74) is 4.77. The van der Waals surface area contributed by atoms with Gasteiger partial charge in [0.2, 0.25) is 0 Å². The number of para-hydroxylation sites is 2. The van der Waals surface area contributed by atoms with Crippen LogP contribution >= 0.6 is 0 Å². The summed E-state index contributed by atoms with van der Waals surface area (Å²) in [6, 6.07) is 16.8. The molecule has 1 aromatic heterocycles. The Labute approximate surface area is 154 Å². The smallest absolute Gasteiger partial charge is 0.136 e. The summed E-state index contributed by atoms with van der Waals surface area (Å²) in [4.78, 5) is 10.00. The summed E-state index contributed by atoms with van der Waals surface area (Å²) in [7, 11) is 0. The van der Waals surface area contributed by atoms with Crippen molar-refractivity contribution >= 4 is 16.7 Å². The number of hydrogen-bond acceptors (Lipinski definition) is 4. The molecule has 0 spiro atoms. The number of nitrogens with zero attached hydrogens (tertiary/aromatic N) is 3. The van der Waals surface area contributed by atoms with E-state index < -0.39 is 0 Å². The van der Waals surface area contributed by atoms with E-state index in [1.807, 2.05) is 6.07 Å². The molecule has 0 aliphatic carbocycles. The number of aromatic nitrogens is 1. The van der Waals surface area contributed by atoms with Crippen LogP contribution in [-0.4, -0.2) is 42.6 Å². The van der Waals surface area contributed by atoms with Gasteiger partial charge in [-0.05, 0) is 18.7 Å². The van der Waals surface area contributed by atoms with E-state index in [2.05, 4.69) is 59.2 Å². The van der Waals surface area contributed by atoms with Crippen LogP contribution in [-0.2, 0) is 6.61 Å². The first-order valence-corrected chi connectivity index (χ1v) is 9.46. The lowest BCUT2D eigenvalue weighted by molar-refractivity contribution is 0.268. The summed E-state index contributed by atoms with van der Waals surface area (Å²) in [5, 5.41) is 1.22. The first-order chi connectivity index (χ1) is 12.8. The van der Waals surface area contributed by atoms with Crippen molar-refractivity contribution in [2.45, 2.75) is 13.5 Å². The molecule has 2 aliphatic rings. The van der Waals surface area contributed by atoms with Crippen molar-refractivity contribution in [1.82, 2.24) is 9.88 Å². The molecule has 4 heteroatoms. The van der Waals surface area contributed by atoms with Gasteiger partial charge in [-0.2, -0.15) is 0 Å². The topological polar surface area (TPSA) is 28.6 Å². The zero-order valence-electron chi connectivity index (χ0n) is 15.1. The fourth-order valence-corrected chi connectivity index (χ4v) is 4.17. The Balaban J connectivity index is 1.70. The Morgan fingerprint density at radius 1 is 0.962 bits per heavy atom. The van der Waals surface area contributed by atoms with Gasteiger partial charge < -0.3 is 14.5 Å². The fourth-order valence-electron chi connectivity index (χ4n) is 4.17. The zero-order valence-corrected chi connectivity index (χ0v) is 15.1. The quantitative estimate of drug-likeness (QED) is 0.703. The van der Waals surface area contributed by atoms with Crippen LogP contribution in [0.4, 0.5) is 5.82 Å². The molecule has 132 valence electrons. The van der Waals surface area contributed by atoms with Gasteiger partial charge in [-0.3, -0.25) is 0 Å². The molecule has 5 rings (SSSR count). The third-order valence-electron chi connectivity index (χ3n) is 5.62. The normalized spacial score (nSPS) is 16.9. The molecule has 0 amide bonds. The fraction of sp³-hybridized carbons (Fsp3) is 0.318. The van der Waals surface area contributed by atoms with Crippen LogP contribution in [0, 0.1) is 0 Å². The minimum absolute atomic E-state index is 0.591. The lowest BCUT2D eigenvalue weighted by Crippen LogP contribution is -2.46. The Morgan fingerprint density at radius 3 is 2.58 bits per heavy atom. The average molecular weight is 345 g/mol. The van der Waals surface area contributed by atoms with Crippen molar-refractivity contribution < 1.29 is 4.74 Å². The number of rotatable bonds is 2. The highest BCUT2D eigenvalue weighted by molar-refractivity contribution is 6.00. The monoisotopic (exact) mass is 345 g/mol. The highest BCUT2D eigenvalue weighted by Gasteiger charge is 2.27. The molecule has 0 N–H and O–H groups in total. The van der Waals surface area contributed by atoms with Crippen LogP contribution < -0.4 is 9.64 Å². The number of ether oxygens (including phenoxy) is 1. The van der Waals surface area contributed by atoms with Crippen molar-refractivity contribution in [2.24, 2.45) is 0 Å². The standard InChI is InChI=1S/C22H23N3O/c1-2-24-11-13-25(14-12-24)22-18-15-26-20-10-6-4-8-17(20)21(18)16-7-3-5-9-19(16)23-22/h3-10H,2,11-15H2,1H3. The lowest BCUT2D eigenvalue weighted by Gasteiger charge is -2.37. The predicted octanol–water partition coefficient (Wildman–Crippen LogP) is 3.94. The van der Waals surface area contributed by atoms with Crippen molar-refractivity contribution in [3.8, 4) is 16.9 Å². The lowest BCUT2D eigenvalue weighted by atomic mass is 9.93. The molecule has 0 saturated carbocycles. The molecule has 1 fully saturated rings. The van der Waals surface area contributed by atoms with Gasteiger partial charge in [0.1, 0.15) is 18.2 Å². The van der Waals surface area contributed by atoms with Gasteiger partial charge in [0.15, 0.2) is 0 Å². The number of anilines is 1. The molecule has 0 unspecified atom stereocenters. The van der Waals surface area contributed by atoms with Crippen LogP contribution in [0.1, 0.15) is 12.5 Å². The third-order valence-corrected chi connectivity index (χ3v) is 5.62. The van der Waals surface area contributed by atoms with Gasteiger partial charge >= 0.3 is 0 Å². The third kappa shape index (κ3) is 2.44. The van der Waals surface area contributed by atoms with Crippen molar-refractivity contribution in [3.05, 3.63) is 54.1 Å². The molecular weight excluding hydrogens is 322 g/mol. The predicted molar refractivity (Wildman–Crippen MR) is 106 cm³/mol. The Bertz CT molecular complexity index is 961. The summed E-state index contributed by atoms with van der Waals surface area (Å²) < 4.78 is 6.10. The van der Waals surface area contributed by atoms with Crippen LogP contribution in [0.15, 0.2) is 48.5 Å². The van der Waals surface area contributed by atoms with E-state index in [-0.39, 0.29) is 0 Å². The van der Waals surface area contributed by atoms with E-state index in [0.717, 1.165) is 49.8 Å². The number of benzene rings is 2. The van der Waals surface area contributed by atoms with E-state index in [4.69, 9.17) is 9.72 Å². The highest BCUT2D eigenvalue weighted by Crippen LogP contribution is 2.44. The first kappa shape index (κ1) is 15.6. The van der Waals surface area contributed by atoms with Crippen LogP contribution in [0.2, 0.25) is 0 Å². The van der Waals surface area contributed by atoms with Crippen molar-refractivity contribution in [3.63, 3.8) is 0 Å². The number of fused-ring (bicyclic) bond motifs is 5. The largest absolute Gasteiger partial charge is 0.488 e. The summed E-state index contributed by atoms with van der Waals surface area (Å²) in [6.07, 6.45) is 0. The van der Waals surface area contributed by atoms with E-state index in [0.29, 0.717) is 6.61 Å². The van der Waals surface area contributed by atoms with Crippen LogP contribution in [0.5, 0.6) is 5.75 Å². The molecule has 2 aliphatic heterocycles. The molecule has 2 aromatic carbocycles. The summed E-state index contributed by atoms with van der Waals surface area (Å²) >= 11 is 0. The van der Waals surface area contributed by atoms with E-state index in [1.165, 1.54) is 22.1 Å². The summed E-state index contributed by atoms with van der Waals surface area (Å²) in [5.74, 6) is 2.07. The number of pyridine rings is 1. The molecule has 1 saturated heterocycles. The molecule has 0 atom stereocenters. The maximum atomic E-state index is 6.10. The van der Waals surface area contributed by atoms with Crippen LogP contribution in [0.25, 0.3) is 22.0 Å². The van der Waals surface area contributed by atoms with Crippen molar-refractivity contribution in [1.29, 1.82) is 0 Å². The minimum atomic E-state index is 0.591. The second-order valence-electron chi connectivity index (χ2n) is 7.01. The number of hydrogen-bond donors (Lipinski definition) is 0. The Kier molecular flexibility index (Phi) is 3.79. The Hall–Kier alpha value is -2.59. The molecule has 4 nitrogen and oxygen atoms in total. The number of likely N-dealkylation sites (N-methyl/N-ethyl adjacent to an activating group) is 1. The second-order valence-corrected chi connectivity index (χ2v) is 7.01. The molecule has 26 heavy (non-hydrogen) atoms. The average Bonchev–Trinajstić information content (AvgIpc) is 2.73. The Morgan fingerprint density at radius 2 is 1.73 bits per heavy atom. The maximum absolute atomic E-state index is 6.10. The van der Waals surface area contributed by atoms with Gasteiger partial charge in [-0.1, -0.05) is 43.3 Å². The molecular formula is C22H23N3O. The SMILES string of the molecule is CCN1CCN(c2nc3ccccc3c3c2COc2ccccc2-3)CC1. The minimum Gasteiger partial charge on any atom is -0.488 e. The van der Waals surface area contributed by atoms with Gasteiger partial charge in [-0.25, -0.2) is 4.98 Å². The first-order valence-electron chi connectivity index (χ1n) is 9.46. The highest BCUT2D eigenvalue weighted by atomic mass is 16.5. The zero-order chi connectivity index (χ0) is 17.5. The van der Waals surface area contributed by atoms with E-state index >= 15 is 0 Å². The van der Waals surface area contributed by atoms with E-state index in [1.54, 1.807) is 0 Å². The maximum Gasteiger partial charge on any atom is 0.136 e. The molecule has 0 radical (unpaired) electrons. The summed E-state index contributed by atoms with van der Waals surface area (Å²) in [6.45, 7) is 8.17. The molecule has 3 heterocycles. The number of piperazine rings is 1. The van der Waals surface area contributed by atoms with Crippen LogP contribution in [0.3, 0.4) is 0 Å².